The van der Waals surface area contributed by atoms with Gasteiger partial charge in [-0.25, -0.2) is 0 Å². The molecule has 3 aromatic carbocycles. The average molecular weight is 417 g/mol. The summed E-state index contributed by atoms with van der Waals surface area (Å²) in [6, 6.07) is 25.2. The van der Waals surface area contributed by atoms with Crippen LogP contribution in [0.3, 0.4) is 0 Å². The number of nitrogens with one attached hydrogen (secondary N) is 2. The normalized spacial score (nSPS) is 9.83. The third-order valence-corrected chi connectivity index (χ3v) is 4.21. The summed E-state index contributed by atoms with van der Waals surface area (Å²) in [5.74, 6) is 1.06. The van der Waals surface area contributed by atoms with Crippen LogP contribution >= 0.6 is 12.2 Å². The Bertz CT molecular complexity index is 1050. The van der Waals surface area contributed by atoms with Crippen LogP contribution in [0.2, 0.25) is 0 Å². The van der Waals surface area contributed by atoms with E-state index in [0.29, 0.717) is 35.8 Å². The number of anilines is 1. The maximum atomic E-state index is 12.4. The minimum Gasteiger partial charge on any atom is -0.490 e. The fourth-order valence-corrected chi connectivity index (χ4v) is 2.76. The minimum atomic E-state index is -0.360. The van der Waals surface area contributed by atoms with E-state index in [0.717, 1.165) is 5.75 Å². The highest BCUT2D eigenvalue weighted by molar-refractivity contribution is 7.80. The number of nitriles is 1. The molecule has 0 aromatic heterocycles. The van der Waals surface area contributed by atoms with Gasteiger partial charge < -0.3 is 14.8 Å². The first-order valence-electron chi connectivity index (χ1n) is 9.18. The van der Waals surface area contributed by atoms with Crippen molar-refractivity contribution in [1.82, 2.24) is 5.32 Å². The molecule has 0 atom stereocenters. The summed E-state index contributed by atoms with van der Waals surface area (Å²) in [6.07, 6.45) is 0. The SMILES string of the molecule is N#Cc1ccccc1NC(=S)NC(=O)c1ccc(OCCOc2ccccc2)cc1. The van der Waals surface area contributed by atoms with E-state index in [2.05, 4.69) is 16.7 Å². The number of hydrogen-bond donors (Lipinski definition) is 2. The van der Waals surface area contributed by atoms with Crippen LogP contribution in [0.15, 0.2) is 78.9 Å². The van der Waals surface area contributed by atoms with Crippen LogP contribution < -0.4 is 20.1 Å². The van der Waals surface area contributed by atoms with Gasteiger partial charge in [-0.1, -0.05) is 30.3 Å². The van der Waals surface area contributed by atoms with Crippen molar-refractivity contribution in [2.24, 2.45) is 0 Å². The molecule has 0 aliphatic heterocycles. The van der Waals surface area contributed by atoms with Crippen LogP contribution in [0.25, 0.3) is 0 Å². The number of ether oxygens (including phenoxy) is 2. The highest BCUT2D eigenvalue weighted by atomic mass is 32.1. The summed E-state index contributed by atoms with van der Waals surface area (Å²) < 4.78 is 11.2. The lowest BCUT2D eigenvalue weighted by Crippen LogP contribution is -2.34. The molecule has 150 valence electrons. The van der Waals surface area contributed by atoms with E-state index in [4.69, 9.17) is 27.0 Å². The fourth-order valence-electron chi connectivity index (χ4n) is 2.56. The molecule has 0 bridgehead atoms. The Kier molecular flexibility index (Phi) is 7.36. The van der Waals surface area contributed by atoms with E-state index in [1.165, 1.54) is 0 Å². The molecule has 30 heavy (non-hydrogen) atoms. The Labute approximate surface area is 180 Å². The van der Waals surface area contributed by atoms with Gasteiger partial charge in [0.05, 0.1) is 11.3 Å². The van der Waals surface area contributed by atoms with E-state index in [9.17, 15) is 4.79 Å². The number of carbonyl (C=O) groups excluding carboxylic acids is 1. The molecule has 0 aliphatic carbocycles. The van der Waals surface area contributed by atoms with Gasteiger partial charge in [0, 0.05) is 5.56 Å². The quantitative estimate of drug-likeness (QED) is 0.444. The van der Waals surface area contributed by atoms with Crippen molar-refractivity contribution in [2.75, 3.05) is 18.5 Å². The molecule has 0 fully saturated rings. The van der Waals surface area contributed by atoms with E-state index < -0.39 is 0 Å². The first kappa shape index (κ1) is 20.8. The zero-order chi connectivity index (χ0) is 21.2. The Morgan fingerprint density at radius 2 is 1.47 bits per heavy atom. The second-order valence-corrected chi connectivity index (χ2v) is 6.51. The van der Waals surface area contributed by atoms with Gasteiger partial charge >= 0.3 is 0 Å². The van der Waals surface area contributed by atoms with Crippen molar-refractivity contribution < 1.29 is 14.3 Å². The van der Waals surface area contributed by atoms with Gasteiger partial charge in [0.2, 0.25) is 0 Å². The number of hydrogen-bond acceptors (Lipinski definition) is 5. The average Bonchev–Trinajstić information content (AvgIpc) is 2.78. The molecule has 0 aliphatic rings. The molecule has 3 rings (SSSR count). The molecule has 2 N–H and O–H groups in total. The Hall–Kier alpha value is -3.89. The summed E-state index contributed by atoms with van der Waals surface area (Å²) in [6.45, 7) is 0.795. The predicted molar refractivity (Wildman–Crippen MR) is 119 cm³/mol. The molecule has 0 saturated carbocycles. The predicted octanol–water partition coefficient (Wildman–Crippen LogP) is 4.14. The van der Waals surface area contributed by atoms with Gasteiger partial charge in [0.1, 0.15) is 30.8 Å². The second kappa shape index (κ2) is 10.6. The smallest absolute Gasteiger partial charge is 0.257 e. The van der Waals surface area contributed by atoms with E-state index in [1.807, 2.05) is 30.3 Å². The second-order valence-electron chi connectivity index (χ2n) is 6.10. The number of thiocarbonyl (C=S) groups is 1. The molecule has 0 unspecified atom stereocenters. The molecule has 7 heteroatoms. The number of rotatable bonds is 7. The molecule has 0 spiro atoms. The molecular formula is C23H19N3O3S. The van der Waals surface area contributed by atoms with E-state index in [1.54, 1.807) is 48.5 Å². The van der Waals surface area contributed by atoms with Crippen LogP contribution in [0.1, 0.15) is 15.9 Å². The number of benzene rings is 3. The van der Waals surface area contributed by atoms with Crippen LogP contribution in [0, 0.1) is 11.3 Å². The van der Waals surface area contributed by atoms with Crippen molar-refractivity contribution in [2.45, 2.75) is 0 Å². The van der Waals surface area contributed by atoms with Gasteiger partial charge in [-0.3, -0.25) is 10.1 Å². The van der Waals surface area contributed by atoms with Crippen LogP contribution in [0.4, 0.5) is 5.69 Å². The third kappa shape index (κ3) is 6.06. The van der Waals surface area contributed by atoms with Crippen molar-refractivity contribution in [3.8, 4) is 17.6 Å². The summed E-state index contributed by atoms with van der Waals surface area (Å²) >= 11 is 5.17. The van der Waals surface area contributed by atoms with Gasteiger partial charge in [0.15, 0.2) is 5.11 Å². The third-order valence-electron chi connectivity index (χ3n) is 4.00. The molecule has 1 amide bonds. The molecular weight excluding hydrogens is 398 g/mol. The van der Waals surface area contributed by atoms with Crippen molar-refractivity contribution >= 4 is 28.9 Å². The summed E-state index contributed by atoms with van der Waals surface area (Å²) in [4.78, 5) is 12.4. The zero-order valence-corrected chi connectivity index (χ0v) is 16.8. The van der Waals surface area contributed by atoms with Gasteiger partial charge in [-0.15, -0.1) is 0 Å². The highest BCUT2D eigenvalue weighted by Crippen LogP contribution is 2.15. The Balaban J connectivity index is 1.46. The zero-order valence-electron chi connectivity index (χ0n) is 16.0. The molecule has 0 saturated heterocycles. The van der Waals surface area contributed by atoms with E-state index >= 15 is 0 Å². The summed E-state index contributed by atoms with van der Waals surface area (Å²) in [5, 5.41) is 14.7. The highest BCUT2D eigenvalue weighted by Gasteiger charge is 2.09. The van der Waals surface area contributed by atoms with Gasteiger partial charge in [-0.2, -0.15) is 5.26 Å². The first-order valence-corrected chi connectivity index (χ1v) is 9.59. The number of amides is 1. The maximum Gasteiger partial charge on any atom is 0.257 e. The van der Waals surface area contributed by atoms with Crippen molar-refractivity contribution in [3.05, 3.63) is 90.0 Å². The minimum absolute atomic E-state index is 0.112. The van der Waals surface area contributed by atoms with Crippen LogP contribution in [-0.4, -0.2) is 24.2 Å². The van der Waals surface area contributed by atoms with Gasteiger partial charge in [0.25, 0.3) is 5.91 Å². The molecule has 6 nitrogen and oxygen atoms in total. The number of nitrogens with zero attached hydrogens (tertiary/aromatic N) is 1. The molecule has 3 aromatic rings. The van der Waals surface area contributed by atoms with E-state index in [-0.39, 0.29) is 11.0 Å². The number of carbonyl (C=O) groups is 1. The Morgan fingerprint density at radius 3 is 2.13 bits per heavy atom. The fraction of sp³-hybridized carbons (Fsp3) is 0.0870. The van der Waals surface area contributed by atoms with Crippen LogP contribution in [-0.2, 0) is 0 Å². The lowest BCUT2D eigenvalue weighted by Gasteiger charge is -2.11. The van der Waals surface area contributed by atoms with Crippen LogP contribution in [0.5, 0.6) is 11.5 Å². The summed E-state index contributed by atoms with van der Waals surface area (Å²) in [7, 11) is 0. The maximum absolute atomic E-state index is 12.4. The standard InChI is InChI=1S/C23H19N3O3S/c24-16-18-6-4-5-9-21(18)25-23(30)26-22(27)17-10-12-20(13-11-17)29-15-14-28-19-7-2-1-3-8-19/h1-13H,14-15H2,(H2,25,26,27,30). The Morgan fingerprint density at radius 1 is 0.867 bits per heavy atom. The topological polar surface area (TPSA) is 83.4 Å². The largest absolute Gasteiger partial charge is 0.490 e. The van der Waals surface area contributed by atoms with Crippen molar-refractivity contribution in [3.63, 3.8) is 0 Å². The summed E-state index contributed by atoms with van der Waals surface area (Å²) in [5.41, 5.74) is 1.40. The van der Waals surface area contributed by atoms with Gasteiger partial charge in [-0.05, 0) is 60.7 Å². The molecule has 0 radical (unpaired) electrons. The first-order chi connectivity index (χ1) is 14.7. The number of para-hydroxylation sites is 2. The lowest BCUT2D eigenvalue weighted by molar-refractivity contribution is 0.0977. The molecule has 0 heterocycles. The van der Waals surface area contributed by atoms with Crippen molar-refractivity contribution in [1.29, 1.82) is 5.26 Å². The monoisotopic (exact) mass is 417 g/mol. The lowest BCUT2D eigenvalue weighted by atomic mass is 10.2.